The van der Waals surface area contributed by atoms with Crippen LogP contribution in [0.1, 0.15) is 153 Å². The van der Waals surface area contributed by atoms with Gasteiger partial charge in [-0.05, 0) is 151 Å². The Bertz CT molecular complexity index is 2710. The molecular weight excluding hydrogens is 937 g/mol. The van der Waals surface area contributed by atoms with Crippen molar-refractivity contribution in [2.24, 2.45) is 0 Å². The summed E-state index contributed by atoms with van der Waals surface area (Å²) >= 11 is 11.7. The van der Waals surface area contributed by atoms with Crippen molar-refractivity contribution >= 4 is 63.3 Å². The number of thiophene rings is 3. The van der Waals surface area contributed by atoms with Crippen LogP contribution in [0.5, 0.6) is 0 Å². The van der Waals surface area contributed by atoms with Gasteiger partial charge in [0.15, 0.2) is 0 Å². The minimum absolute atomic E-state index is 0.0561. The van der Waals surface area contributed by atoms with E-state index in [1.165, 1.54) is 36.0 Å². The molecule has 3 saturated heterocycles. The number of likely N-dealkylation sites (tertiary alicyclic amines) is 3. The molecule has 3 aliphatic rings. The molecule has 0 bridgehead atoms. The van der Waals surface area contributed by atoms with E-state index in [0.717, 1.165) is 106 Å². The molecule has 0 radical (unpaired) electrons. The van der Waals surface area contributed by atoms with Crippen LogP contribution in [0.2, 0.25) is 5.02 Å². The van der Waals surface area contributed by atoms with Gasteiger partial charge in [0.2, 0.25) is 0 Å². The maximum absolute atomic E-state index is 14.5. The molecule has 69 heavy (non-hydrogen) atoms. The van der Waals surface area contributed by atoms with Crippen LogP contribution < -0.4 is 0 Å². The first kappa shape index (κ1) is 52.2. The zero-order chi connectivity index (χ0) is 49.7. The van der Waals surface area contributed by atoms with Crippen molar-refractivity contribution in [1.82, 2.24) is 14.7 Å². The Labute approximate surface area is 427 Å². The van der Waals surface area contributed by atoms with E-state index in [-0.39, 0.29) is 39.5 Å². The van der Waals surface area contributed by atoms with Gasteiger partial charge >= 0.3 is 0 Å². The number of hydrogen-bond acceptors (Lipinski definition) is 6. The largest absolute Gasteiger partial charge is 0.339 e. The summed E-state index contributed by atoms with van der Waals surface area (Å²) in [6.45, 7) is 24.8. The smallest absolute Gasteiger partial charge is 0.256 e. The van der Waals surface area contributed by atoms with Gasteiger partial charge in [-0.2, -0.15) is 0 Å². The van der Waals surface area contributed by atoms with E-state index >= 15 is 0 Å². The first-order valence-electron chi connectivity index (χ1n) is 24.6. The fourth-order valence-corrected chi connectivity index (χ4v) is 12.1. The highest BCUT2D eigenvalue weighted by Gasteiger charge is 2.25. The van der Waals surface area contributed by atoms with Crippen LogP contribution >= 0.6 is 45.6 Å². The molecule has 3 fully saturated rings. The highest BCUT2D eigenvalue weighted by molar-refractivity contribution is 7.16. The second-order valence-corrected chi connectivity index (χ2v) is 25.2. The lowest BCUT2D eigenvalue weighted by Gasteiger charge is -2.26. The van der Waals surface area contributed by atoms with Gasteiger partial charge < -0.3 is 14.7 Å². The highest BCUT2D eigenvalue weighted by Crippen LogP contribution is 2.39. The van der Waals surface area contributed by atoms with E-state index in [1.807, 2.05) is 63.6 Å². The molecule has 0 atom stereocenters. The lowest BCUT2D eigenvalue weighted by Crippen LogP contribution is -2.36. The quantitative estimate of drug-likeness (QED) is 0.167. The molecule has 0 unspecified atom stereocenters. The Kier molecular flexibility index (Phi) is 16.8. The summed E-state index contributed by atoms with van der Waals surface area (Å²) in [6, 6.07) is 31.7. The topological polar surface area (TPSA) is 60.9 Å². The molecular formula is C58H69ClFN3O3S3. The monoisotopic (exact) mass is 1010 g/mol. The number of piperidine rings is 1. The van der Waals surface area contributed by atoms with Gasteiger partial charge in [-0.3, -0.25) is 14.4 Å². The lowest BCUT2D eigenvalue weighted by atomic mass is 9.95. The van der Waals surface area contributed by atoms with Gasteiger partial charge in [0.05, 0.1) is 16.1 Å². The number of nitrogens with zero attached hydrogens (tertiary/aromatic N) is 3. The van der Waals surface area contributed by atoms with Crippen LogP contribution in [0, 0.1) is 5.82 Å². The average molecular weight is 1010 g/mol. The van der Waals surface area contributed by atoms with Gasteiger partial charge in [0.1, 0.15) is 5.82 Å². The first-order chi connectivity index (χ1) is 32.7. The number of benzene rings is 3. The average Bonchev–Trinajstić information content (AvgIpc) is 4.17. The highest BCUT2D eigenvalue weighted by atomic mass is 35.5. The molecule has 0 spiro atoms. The molecule has 366 valence electrons. The molecule has 6 aromatic rings. The van der Waals surface area contributed by atoms with Gasteiger partial charge in [-0.1, -0.05) is 98.2 Å². The summed E-state index contributed by atoms with van der Waals surface area (Å²) in [5.74, 6) is -0.375. The predicted octanol–water partition coefficient (Wildman–Crippen LogP) is 16.0. The number of halogens is 2. The van der Waals surface area contributed by atoms with E-state index in [2.05, 4.69) is 105 Å². The van der Waals surface area contributed by atoms with Crippen LogP contribution in [0.3, 0.4) is 0 Å². The molecule has 3 aromatic heterocycles. The van der Waals surface area contributed by atoms with E-state index in [9.17, 15) is 18.8 Å². The zero-order valence-electron chi connectivity index (χ0n) is 42.0. The molecule has 11 heteroatoms. The molecule has 6 heterocycles. The van der Waals surface area contributed by atoms with Crippen LogP contribution in [0.25, 0.3) is 31.3 Å². The molecule has 6 nitrogen and oxygen atoms in total. The normalized spacial score (nSPS) is 15.4. The van der Waals surface area contributed by atoms with Crippen molar-refractivity contribution in [3.8, 4) is 31.3 Å². The third kappa shape index (κ3) is 13.2. The van der Waals surface area contributed by atoms with Crippen molar-refractivity contribution in [2.75, 3.05) is 39.3 Å². The van der Waals surface area contributed by atoms with Gasteiger partial charge in [-0.25, -0.2) is 4.39 Å². The number of hydrogen-bond donors (Lipinski definition) is 0. The van der Waals surface area contributed by atoms with Crippen molar-refractivity contribution < 1.29 is 18.8 Å². The number of amides is 3. The van der Waals surface area contributed by atoms with E-state index < -0.39 is 5.82 Å². The lowest BCUT2D eigenvalue weighted by molar-refractivity contribution is 0.0718. The van der Waals surface area contributed by atoms with E-state index in [1.54, 1.807) is 33.6 Å². The standard InChI is InChI=1S/C20H24FNOS.C19H22ClNOS.C19H23NOS/c1-20(2,3)18-10-9-17(24-18)14-7-8-15(16(21)13-14)19(23)22-11-5-4-6-12-22;1-19(2,3)17-9-8-16(23-17)13-6-7-14(15(20)12-13)18(22)21-10-4-5-11-21;1-19(2,3)17-11-10-16(22-17)14-6-8-15(9-7-14)18(21)20-12-4-5-13-20/h7-10,13H,4-6,11-12H2,1-3H3;6-9,12H,4-5,10-11H2,1-3H3;6-11H,4-5,12-13H2,1-3H3. The van der Waals surface area contributed by atoms with Gasteiger partial charge in [-0.15, -0.1) is 34.0 Å². The molecule has 3 aliphatic heterocycles. The fraction of sp³-hybridized carbons (Fsp3) is 0.431. The molecule has 3 amide bonds. The summed E-state index contributed by atoms with van der Waals surface area (Å²) in [4.78, 5) is 50.5. The predicted molar refractivity (Wildman–Crippen MR) is 290 cm³/mol. The SMILES string of the molecule is CC(C)(C)c1ccc(-c2ccc(C(=O)N3CCCC3)c(Cl)c2)s1.CC(C)(C)c1ccc(-c2ccc(C(=O)N3CCCC3)cc2)s1.CC(C)(C)c1ccc(-c2ccc(C(=O)N3CCCCC3)c(F)c2)s1. The summed E-state index contributed by atoms with van der Waals surface area (Å²) < 4.78 is 14.5. The number of carbonyl (C=O) groups excluding carboxylic acids is 3. The second-order valence-electron chi connectivity index (χ2n) is 21.6. The van der Waals surface area contributed by atoms with Crippen LogP contribution in [-0.4, -0.2) is 71.7 Å². The van der Waals surface area contributed by atoms with Crippen LogP contribution in [0.15, 0.2) is 97.1 Å². The summed E-state index contributed by atoms with van der Waals surface area (Å²) in [5.41, 5.74) is 5.14. The summed E-state index contributed by atoms with van der Waals surface area (Å²) in [6.07, 6.45) is 7.62. The van der Waals surface area contributed by atoms with E-state index in [4.69, 9.17) is 11.6 Å². The second kappa shape index (κ2) is 22.2. The van der Waals surface area contributed by atoms with Crippen molar-refractivity contribution in [1.29, 1.82) is 0 Å². The van der Waals surface area contributed by atoms with Crippen molar-refractivity contribution in [2.45, 2.75) is 124 Å². The Morgan fingerprint density at radius 3 is 1.17 bits per heavy atom. The van der Waals surface area contributed by atoms with E-state index in [0.29, 0.717) is 10.6 Å². The Hall–Kier alpha value is -4.61. The maximum atomic E-state index is 14.5. The first-order valence-corrected chi connectivity index (χ1v) is 27.4. The Morgan fingerprint density at radius 2 is 0.783 bits per heavy atom. The Balaban J connectivity index is 0.000000153. The van der Waals surface area contributed by atoms with Crippen LogP contribution in [-0.2, 0) is 16.2 Å². The molecule has 3 aromatic carbocycles. The molecule has 0 N–H and O–H groups in total. The summed E-state index contributed by atoms with van der Waals surface area (Å²) in [7, 11) is 0. The third-order valence-electron chi connectivity index (χ3n) is 12.8. The number of rotatable bonds is 6. The minimum atomic E-state index is -0.422. The van der Waals surface area contributed by atoms with Gasteiger partial charge in [0.25, 0.3) is 17.7 Å². The zero-order valence-corrected chi connectivity index (χ0v) is 45.2. The molecule has 0 saturated carbocycles. The van der Waals surface area contributed by atoms with Crippen LogP contribution in [0.4, 0.5) is 4.39 Å². The molecule has 9 rings (SSSR count). The fourth-order valence-electron chi connectivity index (χ4n) is 8.61. The van der Waals surface area contributed by atoms with Crippen molar-refractivity contribution in [3.63, 3.8) is 0 Å². The maximum Gasteiger partial charge on any atom is 0.256 e. The number of carbonyl (C=O) groups is 3. The Morgan fingerprint density at radius 1 is 0.435 bits per heavy atom. The summed E-state index contributed by atoms with van der Waals surface area (Å²) in [5, 5.41) is 0.546. The minimum Gasteiger partial charge on any atom is -0.339 e. The van der Waals surface area contributed by atoms with Gasteiger partial charge in [0, 0.05) is 74.1 Å². The van der Waals surface area contributed by atoms with Crippen molar-refractivity contribution in [3.05, 3.63) is 139 Å². The third-order valence-corrected chi connectivity index (χ3v) is 17.8. The molecule has 0 aliphatic carbocycles.